The Bertz CT molecular complexity index is 304. The molecule has 1 aromatic carbocycles. The monoisotopic (exact) mass is 236 g/mol. The molecule has 1 aliphatic heterocycles. The van der Waals surface area contributed by atoms with Crippen LogP contribution in [0.3, 0.4) is 0 Å². The van der Waals surface area contributed by atoms with Gasteiger partial charge in [-0.15, -0.1) is 11.8 Å². The predicted molar refractivity (Wildman–Crippen MR) is 72.3 cm³/mol. The Morgan fingerprint density at radius 3 is 2.56 bits per heavy atom. The Morgan fingerprint density at radius 2 is 1.94 bits per heavy atom. The highest BCUT2D eigenvalue weighted by Gasteiger charge is 2.11. The van der Waals surface area contributed by atoms with Gasteiger partial charge in [-0.25, -0.2) is 0 Å². The summed E-state index contributed by atoms with van der Waals surface area (Å²) in [5.41, 5.74) is 1.25. The van der Waals surface area contributed by atoms with Crippen molar-refractivity contribution in [3.63, 3.8) is 0 Å². The molecule has 2 nitrogen and oxygen atoms in total. The smallest absolute Gasteiger partial charge is 0.0341 e. The molecule has 0 aromatic heterocycles. The normalized spacial score (nSPS) is 17.3. The summed E-state index contributed by atoms with van der Waals surface area (Å²) in [6.07, 6.45) is 4.71. The number of thioether (sulfide) groups is 1. The zero-order valence-electron chi connectivity index (χ0n) is 9.83. The van der Waals surface area contributed by atoms with E-state index in [9.17, 15) is 0 Å². The van der Waals surface area contributed by atoms with Gasteiger partial charge in [-0.1, -0.05) is 0 Å². The lowest BCUT2D eigenvalue weighted by Gasteiger charge is -2.23. The fourth-order valence-electron chi connectivity index (χ4n) is 2.06. The topological polar surface area (TPSA) is 24.1 Å². The van der Waals surface area contributed by atoms with Gasteiger partial charge in [-0.2, -0.15) is 0 Å². The summed E-state index contributed by atoms with van der Waals surface area (Å²) in [5, 5.41) is 6.93. The summed E-state index contributed by atoms with van der Waals surface area (Å²) < 4.78 is 0. The number of nitrogens with one attached hydrogen (secondary N) is 2. The second kappa shape index (κ2) is 6.16. The quantitative estimate of drug-likeness (QED) is 0.786. The largest absolute Gasteiger partial charge is 0.385 e. The summed E-state index contributed by atoms with van der Waals surface area (Å²) >= 11 is 1.79. The van der Waals surface area contributed by atoms with E-state index in [2.05, 4.69) is 41.2 Å². The average Bonchev–Trinajstić information content (AvgIpc) is 2.38. The molecule has 1 heterocycles. The van der Waals surface area contributed by atoms with Crippen molar-refractivity contribution in [3.05, 3.63) is 24.3 Å². The van der Waals surface area contributed by atoms with E-state index in [-0.39, 0.29) is 0 Å². The van der Waals surface area contributed by atoms with Crippen molar-refractivity contribution < 1.29 is 0 Å². The van der Waals surface area contributed by atoms with Crippen LogP contribution in [0.1, 0.15) is 12.8 Å². The van der Waals surface area contributed by atoms with E-state index >= 15 is 0 Å². The van der Waals surface area contributed by atoms with Crippen LogP contribution in [0.15, 0.2) is 29.2 Å². The fraction of sp³-hybridized carbons (Fsp3) is 0.538. The van der Waals surface area contributed by atoms with Crippen LogP contribution < -0.4 is 10.6 Å². The van der Waals surface area contributed by atoms with Crippen molar-refractivity contribution >= 4 is 17.4 Å². The van der Waals surface area contributed by atoms with Gasteiger partial charge in [0.25, 0.3) is 0 Å². The molecule has 0 bridgehead atoms. The van der Waals surface area contributed by atoms with Crippen molar-refractivity contribution in [2.24, 2.45) is 5.92 Å². The molecule has 0 amide bonds. The lowest BCUT2D eigenvalue weighted by Crippen LogP contribution is -2.31. The third-order valence-corrected chi connectivity index (χ3v) is 3.89. The van der Waals surface area contributed by atoms with E-state index in [1.54, 1.807) is 11.8 Å². The molecular weight excluding hydrogens is 216 g/mol. The standard InChI is InChI=1S/C13H20N2S/c1-16-13-4-2-12(3-5-13)15-10-11-6-8-14-9-7-11/h2-5,11,14-15H,6-10H2,1H3. The fourth-order valence-corrected chi connectivity index (χ4v) is 2.47. The molecule has 2 N–H and O–H groups in total. The highest BCUT2D eigenvalue weighted by molar-refractivity contribution is 7.98. The molecule has 16 heavy (non-hydrogen) atoms. The van der Waals surface area contributed by atoms with Gasteiger partial charge in [-0.05, 0) is 62.4 Å². The summed E-state index contributed by atoms with van der Waals surface area (Å²) in [5.74, 6) is 0.835. The van der Waals surface area contributed by atoms with E-state index in [1.807, 2.05) is 0 Å². The summed E-state index contributed by atoms with van der Waals surface area (Å²) in [6, 6.07) is 8.70. The van der Waals surface area contributed by atoms with Crippen molar-refractivity contribution in [3.8, 4) is 0 Å². The van der Waals surface area contributed by atoms with Crippen LogP contribution in [0.25, 0.3) is 0 Å². The maximum Gasteiger partial charge on any atom is 0.0341 e. The Kier molecular flexibility index (Phi) is 4.55. The van der Waals surface area contributed by atoms with Gasteiger partial charge in [0.1, 0.15) is 0 Å². The van der Waals surface area contributed by atoms with Gasteiger partial charge in [0.05, 0.1) is 0 Å². The summed E-state index contributed by atoms with van der Waals surface area (Å²) in [7, 11) is 0. The lowest BCUT2D eigenvalue weighted by atomic mass is 9.98. The Balaban J connectivity index is 1.79. The lowest BCUT2D eigenvalue weighted by molar-refractivity contribution is 0.390. The molecule has 0 atom stereocenters. The van der Waals surface area contributed by atoms with E-state index in [4.69, 9.17) is 0 Å². The average molecular weight is 236 g/mol. The predicted octanol–water partition coefficient (Wildman–Crippen LogP) is 2.82. The van der Waals surface area contributed by atoms with Gasteiger partial charge >= 0.3 is 0 Å². The molecule has 1 saturated heterocycles. The van der Waals surface area contributed by atoms with Crippen LogP contribution in [0.2, 0.25) is 0 Å². The van der Waals surface area contributed by atoms with Crippen LogP contribution >= 0.6 is 11.8 Å². The second-order valence-corrected chi connectivity index (χ2v) is 5.18. The van der Waals surface area contributed by atoms with Gasteiger partial charge in [0.15, 0.2) is 0 Å². The van der Waals surface area contributed by atoms with Crippen LogP contribution in [-0.4, -0.2) is 25.9 Å². The van der Waals surface area contributed by atoms with E-state index < -0.39 is 0 Å². The van der Waals surface area contributed by atoms with Crippen LogP contribution in [0.5, 0.6) is 0 Å². The SMILES string of the molecule is CSc1ccc(NCC2CCNCC2)cc1. The van der Waals surface area contributed by atoms with Crippen molar-refractivity contribution in [1.29, 1.82) is 0 Å². The first kappa shape index (κ1) is 11.8. The van der Waals surface area contributed by atoms with Crippen molar-refractivity contribution in [1.82, 2.24) is 5.32 Å². The molecule has 0 spiro atoms. The molecule has 1 fully saturated rings. The maximum atomic E-state index is 3.53. The molecule has 88 valence electrons. The van der Waals surface area contributed by atoms with Gasteiger partial charge in [0.2, 0.25) is 0 Å². The Hall–Kier alpha value is -0.670. The zero-order chi connectivity index (χ0) is 11.2. The molecule has 1 aromatic rings. The highest BCUT2D eigenvalue weighted by atomic mass is 32.2. The first-order valence-corrected chi connectivity index (χ1v) is 7.19. The zero-order valence-corrected chi connectivity index (χ0v) is 10.6. The summed E-state index contributed by atoms with van der Waals surface area (Å²) in [4.78, 5) is 1.33. The molecule has 0 saturated carbocycles. The minimum atomic E-state index is 0.835. The van der Waals surface area contributed by atoms with Gasteiger partial charge in [-0.3, -0.25) is 0 Å². The number of benzene rings is 1. The number of hydrogen-bond acceptors (Lipinski definition) is 3. The van der Waals surface area contributed by atoms with E-state index in [0.717, 1.165) is 12.5 Å². The first-order chi connectivity index (χ1) is 7.88. The Morgan fingerprint density at radius 1 is 1.25 bits per heavy atom. The molecule has 1 aliphatic rings. The van der Waals surface area contributed by atoms with Crippen molar-refractivity contribution in [2.75, 3.05) is 31.2 Å². The minimum Gasteiger partial charge on any atom is -0.385 e. The summed E-state index contributed by atoms with van der Waals surface area (Å²) in [6.45, 7) is 3.47. The minimum absolute atomic E-state index is 0.835. The van der Waals surface area contributed by atoms with Crippen molar-refractivity contribution in [2.45, 2.75) is 17.7 Å². The van der Waals surface area contributed by atoms with Crippen LogP contribution in [-0.2, 0) is 0 Å². The second-order valence-electron chi connectivity index (χ2n) is 4.30. The highest BCUT2D eigenvalue weighted by Crippen LogP contribution is 2.18. The van der Waals surface area contributed by atoms with Gasteiger partial charge < -0.3 is 10.6 Å². The molecule has 0 unspecified atom stereocenters. The van der Waals surface area contributed by atoms with E-state index in [0.29, 0.717) is 0 Å². The molecular formula is C13H20N2S. The van der Waals surface area contributed by atoms with E-state index in [1.165, 1.54) is 36.5 Å². The molecule has 0 aliphatic carbocycles. The third-order valence-electron chi connectivity index (χ3n) is 3.14. The molecule has 3 heteroatoms. The molecule has 2 rings (SSSR count). The Labute approximate surface area is 102 Å². The number of rotatable bonds is 4. The third kappa shape index (κ3) is 3.42. The number of piperidine rings is 1. The number of anilines is 1. The maximum absolute atomic E-state index is 3.53. The number of hydrogen-bond donors (Lipinski definition) is 2. The van der Waals surface area contributed by atoms with Gasteiger partial charge in [0, 0.05) is 17.1 Å². The molecule has 0 radical (unpaired) electrons. The first-order valence-electron chi connectivity index (χ1n) is 5.97. The van der Waals surface area contributed by atoms with Crippen LogP contribution in [0, 0.1) is 5.92 Å². The van der Waals surface area contributed by atoms with Crippen LogP contribution in [0.4, 0.5) is 5.69 Å².